The Hall–Kier alpha value is -2.47. The van der Waals surface area contributed by atoms with Crippen molar-refractivity contribution in [3.05, 3.63) is 47.8 Å². The quantitative estimate of drug-likeness (QED) is 0.928. The van der Waals surface area contributed by atoms with E-state index in [1.54, 1.807) is 6.07 Å². The molecule has 6 heteroatoms. The van der Waals surface area contributed by atoms with Crippen molar-refractivity contribution in [2.45, 2.75) is 18.8 Å². The van der Waals surface area contributed by atoms with Crippen LogP contribution in [0.4, 0.5) is 11.4 Å². The first-order chi connectivity index (χ1) is 12.2. The minimum atomic E-state index is -0.220. The Morgan fingerprint density at radius 2 is 1.72 bits per heavy atom. The van der Waals surface area contributed by atoms with Crippen molar-refractivity contribution in [3.8, 4) is 0 Å². The van der Waals surface area contributed by atoms with Crippen LogP contribution in [0.15, 0.2) is 36.4 Å². The van der Waals surface area contributed by atoms with E-state index in [1.165, 1.54) is 18.5 Å². The smallest absolute Gasteiger partial charge is 0.276 e. The molecular formula is C19H23N5O. The third kappa shape index (κ3) is 3.79. The van der Waals surface area contributed by atoms with Crippen LogP contribution in [0.25, 0.3) is 0 Å². The number of benzene rings is 1. The van der Waals surface area contributed by atoms with Gasteiger partial charge in [0.2, 0.25) is 0 Å². The van der Waals surface area contributed by atoms with Crippen LogP contribution in [0.1, 0.15) is 34.9 Å². The van der Waals surface area contributed by atoms with Crippen LogP contribution in [-0.2, 0) is 0 Å². The van der Waals surface area contributed by atoms with E-state index in [1.807, 2.05) is 18.2 Å². The normalized spacial score (nSPS) is 18.2. The predicted molar refractivity (Wildman–Crippen MR) is 98.1 cm³/mol. The fourth-order valence-corrected chi connectivity index (χ4v) is 3.08. The molecule has 2 heterocycles. The highest BCUT2D eigenvalue weighted by Gasteiger charge is 2.25. The van der Waals surface area contributed by atoms with Crippen LogP contribution >= 0.6 is 0 Å². The number of likely N-dealkylation sites (N-methyl/N-ethyl adjacent to an activating group) is 1. The van der Waals surface area contributed by atoms with Gasteiger partial charge in [0.25, 0.3) is 5.91 Å². The number of anilines is 2. The molecule has 1 amide bonds. The summed E-state index contributed by atoms with van der Waals surface area (Å²) in [6, 6.07) is 11.7. The van der Waals surface area contributed by atoms with Crippen LogP contribution in [0.5, 0.6) is 0 Å². The molecule has 1 N–H and O–H groups in total. The molecule has 0 radical (unpaired) electrons. The Bertz CT molecular complexity index is 731. The summed E-state index contributed by atoms with van der Waals surface area (Å²) in [4.78, 5) is 17.0. The Morgan fingerprint density at radius 3 is 2.32 bits per heavy atom. The Balaban J connectivity index is 1.37. The molecule has 0 unspecified atom stereocenters. The van der Waals surface area contributed by atoms with Gasteiger partial charge in [0, 0.05) is 43.5 Å². The van der Waals surface area contributed by atoms with Gasteiger partial charge in [0.05, 0.1) is 5.69 Å². The number of carbonyl (C=O) groups is 1. The van der Waals surface area contributed by atoms with Gasteiger partial charge in [-0.2, -0.15) is 5.10 Å². The van der Waals surface area contributed by atoms with Crippen LogP contribution in [0, 0.1) is 0 Å². The molecular weight excluding hydrogens is 314 g/mol. The standard InChI is InChI=1S/C19H23N5O/c1-23-10-12-24(13-11-23)16-6-4-15(5-7-16)20-19(25)18-9-8-17(21-22-18)14-2-3-14/h4-9,14H,2-3,10-13H2,1H3,(H,20,25). The molecule has 2 fully saturated rings. The van der Waals surface area contributed by atoms with Crippen molar-refractivity contribution in [1.82, 2.24) is 15.1 Å². The molecule has 2 aromatic rings. The third-order valence-electron chi connectivity index (χ3n) is 4.91. The third-order valence-corrected chi connectivity index (χ3v) is 4.91. The first-order valence-corrected chi connectivity index (χ1v) is 8.87. The SMILES string of the molecule is CN1CCN(c2ccc(NC(=O)c3ccc(C4CC4)nn3)cc2)CC1. The summed E-state index contributed by atoms with van der Waals surface area (Å²) >= 11 is 0. The molecule has 25 heavy (non-hydrogen) atoms. The summed E-state index contributed by atoms with van der Waals surface area (Å²) in [6.07, 6.45) is 2.36. The molecule has 1 aliphatic carbocycles. The maximum absolute atomic E-state index is 12.3. The molecule has 2 aliphatic rings. The van der Waals surface area contributed by atoms with Gasteiger partial charge in [-0.1, -0.05) is 0 Å². The van der Waals surface area contributed by atoms with E-state index in [2.05, 4.69) is 44.5 Å². The van der Waals surface area contributed by atoms with Crippen molar-refractivity contribution >= 4 is 17.3 Å². The molecule has 1 aliphatic heterocycles. The van der Waals surface area contributed by atoms with Crippen molar-refractivity contribution in [2.75, 3.05) is 43.4 Å². The second-order valence-corrected chi connectivity index (χ2v) is 6.91. The number of amides is 1. The number of carbonyl (C=O) groups excluding carboxylic acids is 1. The average molecular weight is 337 g/mol. The summed E-state index contributed by atoms with van der Waals surface area (Å²) in [7, 11) is 2.15. The molecule has 6 nitrogen and oxygen atoms in total. The molecule has 0 bridgehead atoms. The molecule has 1 aromatic heterocycles. The largest absolute Gasteiger partial charge is 0.369 e. The van der Waals surface area contributed by atoms with Gasteiger partial charge < -0.3 is 15.1 Å². The van der Waals surface area contributed by atoms with E-state index in [-0.39, 0.29) is 5.91 Å². The van der Waals surface area contributed by atoms with E-state index in [4.69, 9.17) is 0 Å². The van der Waals surface area contributed by atoms with Gasteiger partial charge in [-0.15, -0.1) is 5.10 Å². The van der Waals surface area contributed by atoms with Crippen LogP contribution in [-0.4, -0.2) is 54.2 Å². The molecule has 1 saturated heterocycles. The number of hydrogen-bond acceptors (Lipinski definition) is 5. The molecule has 130 valence electrons. The lowest BCUT2D eigenvalue weighted by Gasteiger charge is -2.34. The maximum atomic E-state index is 12.3. The zero-order valence-electron chi connectivity index (χ0n) is 14.5. The number of aromatic nitrogens is 2. The highest BCUT2D eigenvalue weighted by atomic mass is 16.1. The monoisotopic (exact) mass is 337 g/mol. The van der Waals surface area contributed by atoms with Crippen molar-refractivity contribution < 1.29 is 4.79 Å². The molecule has 0 atom stereocenters. The van der Waals surface area contributed by atoms with Gasteiger partial charge in [0.1, 0.15) is 0 Å². The summed E-state index contributed by atoms with van der Waals surface area (Å²) in [5, 5.41) is 11.1. The molecule has 4 rings (SSSR count). The first-order valence-electron chi connectivity index (χ1n) is 8.87. The number of piperazine rings is 1. The molecule has 1 aromatic carbocycles. The number of rotatable bonds is 4. The minimum Gasteiger partial charge on any atom is -0.369 e. The second kappa shape index (κ2) is 6.80. The number of nitrogens with zero attached hydrogens (tertiary/aromatic N) is 4. The van der Waals surface area contributed by atoms with E-state index in [0.717, 1.165) is 37.6 Å². The van der Waals surface area contributed by atoms with Gasteiger partial charge in [-0.3, -0.25) is 4.79 Å². The van der Waals surface area contributed by atoms with E-state index < -0.39 is 0 Å². The summed E-state index contributed by atoms with van der Waals surface area (Å²) in [5.74, 6) is 0.328. The highest BCUT2D eigenvalue weighted by Crippen LogP contribution is 2.38. The highest BCUT2D eigenvalue weighted by molar-refractivity contribution is 6.02. The summed E-state index contributed by atoms with van der Waals surface area (Å²) < 4.78 is 0. The Labute approximate surface area is 147 Å². The summed E-state index contributed by atoms with van der Waals surface area (Å²) in [6.45, 7) is 4.22. The van der Waals surface area contributed by atoms with Crippen LogP contribution < -0.4 is 10.2 Å². The first kappa shape index (κ1) is 16.0. The van der Waals surface area contributed by atoms with E-state index in [9.17, 15) is 4.79 Å². The lowest BCUT2D eigenvalue weighted by molar-refractivity contribution is 0.102. The van der Waals surface area contributed by atoms with Crippen molar-refractivity contribution in [3.63, 3.8) is 0 Å². The van der Waals surface area contributed by atoms with Gasteiger partial charge >= 0.3 is 0 Å². The Morgan fingerprint density at radius 1 is 1.00 bits per heavy atom. The Kier molecular flexibility index (Phi) is 4.36. The fraction of sp³-hybridized carbons (Fsp3) is 0.421. The van der Waals surface area contributed by atoms with Crippen LogP contribution in [0.3, 0.4) is 0 Å². The maximum Gasteiger partial charge on any atom is 0.276 e. The van der Waals surface area contributed by atoms with Gasteiger partial charge in [-0.05, 0) is 56.3 Å². The molecule has 0 spiro atoms. The number of hydrogen-bond donors (Lipinski definition) is 1. The predicted octanol–water partition coefficient (Wildman–Crippen LogP) is 2.36. The summed E-state index contributed by atoms with van der Waals surface area (Å²) in [5.41, 5.74) is 3.32. The lowest BCUT2D eigenvalue weighted by atomic mass is 10.2. The topological polar surface area (TPSA) is 61.4 Å². The van der Waals surface area contributed by atoms with Crippen LogP contribution in [0.2, 0.25) is 0 Å². The minimum absolute atomic E-state index is 0.220. The van der Waals surface area contributed by atoms with Gasteiger partial charge in [-0.25, -0.2) is 0 Å². The average Bonchev–Trinajstić information content (AvgIpc) is 3.48. The fourth-order valence-electron chi connectivity index (χ4n) is 3.08. The zero-order valence-corrected chi connectivity index (χ0v) is 14.5. The second-order valence-electron chi connectivity index (χ2n) is 6.91. The lowest BCUT2D eigenvalue weighted by Crippen LogP contribution is -2.44. The van der Waals surface area contributed by atoms with Crippen molar-refractivity contribution in [1.29, 1.82) is 0 Å². The zero-order chi connectivity index (χ0) is 17.2. The van der Waals surface area contributed by atoms with Gasteiger partial charge in [0.15, 0.2) is 5.69 Å². The van der Waals surface area contributed by atoms with Crippen molar-refractivity contribution in [2.24, 2.45) is 0 Å². The molecule has 1 saturated carbocycles. The van der Waals surface area contributed by atoms with E-state index in [0.29, 0.717) is 11.6 Å². The number of nitrogens with one attached hydrogen (secondary N) is 1. The van der Waals surface area contributed by atoms with E-state index >= 15 is 0 Å².